The van der Waals surface area contributed by atoms with Gasteiger partial charge in [-0.25, -0.2) is 0 Å². The number of carbonyl (C=O) groups excluding carboxylic acids is 1. The van der Waals surface area contributed by atoms with E-state index in [1.54, 1.807) is 5.38 Å². The predicted octanol–water partition coefficient (Wildman–Crippen LogP) is 0.785. The first kappa shape index (κ1) is 12.1. The van der Waals surface area contributed by atoms with Gasteiger partial charge in [-0.05, 0) is 24.4 Å². The molecule has 0 radical (unpaired) electrons. The van der Waals surface area contributed by atoms with E-state index in [4.69, 9.17) is 5.73 Å². The summed E-state index contributed by atoms with van der Waals surface area (Å²) in [5, 5.41) is 8.07. The highest BCUT2D eigenvalue weighted by molar-refractivity contribution is 7.03. The van der Waals surface area contributed by atoms with Crippen LogP contribution < -0.4 is 11.1 Å². The molecule has 1 aromatic rings. The van der Waals surface area contributed by atoms with Crippen LogP contribution in [0.25, 0.3) is 0 Å². The fraction of sp³-hybridized carbons (Fsp3) is 0.667. The Kier molecular flexibility index (Phi) is 4.16. The Labute approximate surface area is 93.2 Å². The number of nitrogens with two attached hydrogens (primary N) is 1. The Morgan fingerprint density at radius 3 is 2.73 bits per heavy atom. The molecule has 0 aliphatic heterocycles. The van der Waals surface area contributed by atoms with Crippen LogP contribution in [0, 0.1) is 0 Å². The lowest BCUT2D eigenvalue weighted by Gasteiger charge is -2.26. The third-order valence-corrected chi connectivity index (χ3v) is 3.11. The Morgan fingerprint density at radius 1 is 1.60 bits per heavy atom. The van der Waals surface area contributed by atoms with E-state index in [-0.39, 0.29) is 11.4 Å². The van der Waals surface area contributed by atoms with Crippen LogP contribution in [0.15, 0.2) is 5.38 Å². The van der Waals surface area contributed by atoms with Crippen LogP contribution in [-0.4, -0.2) is 27.6 Å². The maximum Gasteiger partial charge on any atom is 0.272 e. The molecule has 1 aromatic heterocycles. The molecule has 0 aliphatic carbocycles. The zero-order valence-corrected chi connectivity index (χ0v) is 9.80. The minimum atomic E-state index is -0.320. The largest absolute Gasteiger partial charge is 0.349 e. The quantitative estimate of drug-likeness (QED) is 0.780. The highest BCUT2D eigenvalue weighted by Gasteiger charge is 2.21. The van der Waals surface area contributed by atoms with E-state index in [9.17, 15) is 4.79 Å². The number of nitrogens with zero attached hydrogens (tertiary/aromatic N) is 2. The molecule has 0 aromatic carbocycles. The highest BCUT2D eigenvalue weighted by Crippen LogP contribution is 2.09. The van der Waals surface area contributed by atoms with Gasteiger partial charge >= 0.3 is 0 Å². The molecule has 0 saturated carbocycles. The van der Waals surface area contributed by atoms with Crippen molar-refractivity contribution in [1.82, 2.24) is 14.9 Å². The highest BCUT2D eigenvalue weighted by atomic mass is 32.1. The average Bonchev–Trinajstić information content (AvgIpc) is 2.79. The monoisotopic (exact) mass is 228 g/mol. The molecule has 0 unspecified atom stereocenters. The molecule has 6 heteroatoms. The molecule has 0 fully saturated rings. The summed E-state index contributed by atoms with van der Waals surface area (Å²) in [4.78, 5) is 11.5. The Balaban J connectivity index is 2.47. The van der Waals surface area contributed by atoms with Crippen molar-refractivity contribution >= 4 is 17.4 Å². The molecule has 3 N–H and O–H groups in total. The van der Waals surface area contributed by atoms with E-state index in [0.29, 0.717) is 12.2 Å². The van der Waals surface area contributed by atoms with Crippen LogP contribution in [0.2, 0.25) is 0 Å². The Hall–Kier alpha value is -1.01. The second-order valence-corrected chi connectivity index (χ2v) is 4.15. The molecule has 0 saturated heterocycles. The van der Waals surface area contributed by atoms with E-state index in [2.05, 4.69) is 14.9 Å². The van der Waals surface area contributed by atoms with Crippen molar-refractivity contribution in [2.75, 3.05) is 6.54 Å². The van der Waals surface area contributed by atoms with Crippen molar-refractivity contribution in [1.29, 1.82) is 0 Å². The molecule has 1 heterocycles. The summed E-state index contributed by atoms with van der Waals surface area (Å²) in [6, 6.07) is 0. The van der Waals surface area contributed by atoms with Gasteiger partial charge in [0, 0.05) is 17.5 Å². The van der Waals surface area contributed by atoms with Gasteiger partial charge < -0.3 is 11.1 Å². The lowest BCUT2D eigenvalue weighted by atomic mass is 9.94. The Morgan fingerprint density at radius 2 is 2.27 bits per heavy atom. The molecule has 0 bridgehead atoms. The van der Waals surface area contributed by atoms with E-state index in [1.807, 2.05) is 13.8 Å². The number of nitrogens with one attached hydrogen (secondary N) is 1. The molecule has 1 amide bonds. The Bertz CT molecular complexity index is 308. The summed E-state index contributed by atoms with van der Waals surface area (Å²) in [7, 11) is 0. The number of hydrogen-bond donors (Lipinski definition) is 2. The van der Waals surface area contributed by atoms with Gasteiger partial charge in [0.05, 0.1) is 0 Å². The second kappa shape index (κ2) is 5.18. The summed E-state index contributed by atoms with van der Waals surface area (Å²) in [6.45, 7) is 4.50. The van der Waals surface area contributed by atoms with Gasteiger partial charge in [0.1, 0.15) is 0 Å². The van der Waals surface area contributed by atoms with Crippen LogP contribution >= 0.6 is 11.5 Å². The fourth-order valence-corrected chi connectivity index (χ4v) is 1.55. The smallest absolute Gasteiger partial charge is 0.272 e. The number of hydrogen-bond acceptors (Lipinski definition) is 5. The number of carbonyl (C=O) groups is 1. The fourth-order valence-electron chi connectivity index (χ4n) is 1.11. The maximum absolute atomic E-state index is 11.5. The van der Waals surface area contributed by atoms with Gasteiger partial charge in [-0.3, -0.25) is 4.79 Å². The average molecular weight is 228 g/mol. The van der Waals surface area contributed by atoms with Gasteiger partial charge in [-0.1, -0.05) is 18.3 Å². The normalized spacial score (nSPS) is 11.4. The van der Waals surface area contributed by atoms with Crippen LogP contribution in [0.4, 0.5) is 0 Å². The second-order valence-electron chi connectivity index (χ2n) is 3.54. The first-order valence-corrected chi connectivity index (χ1v) is 5.79. The van der Waals surface area contributed by atoms with Gasteiger partial charge in [0.25, 0.3) is 5.91 Å². The minimum absolute atomic E-state index is 0.208. The van der Waals surface area contributed by atoms with Crippen LogP contribution in [0.5, 0.6) is 0 Å². The molecule has 0 spiro atoms. The minimum Gasteiger partial charge on any atom is -0.349 e. The van der Waals surface area contributed by atoms with Gasteiger partial charge in [0.15, 0.2) is 5.69 Å². The van der Waals surface area contributed by atoms with Gasteiger partial charge in [-0.2, -0.15) is 0 Å². The van der Waals surface area contributed by atoms with Crippen molar-refractivity contribution in [3.63, 3.8) is 0 Å². The first-order valence-electron chi connectivity index (χ1n) is 4.95. The molecular formula is C9H16N4OS. The molecule has 1 rings (SSSR count). The molecule has 15 heavy (non-hydrogen) atoms. The van der Waals surface area contributed by atoms with E-state index in [0.717, 1.165) is 24.4 Å². The maximum atomic E-state index is 11.5. The molecule has 0 aliphatic rings. The van der Waals surface area contributed by atoms with Crippen LogP contribution in [0.3, 0.4) is 0 Å². The van der Waals surface area contributed by atoms with Crippen LogP contribution in [0.1, 0.15) is 37.2 Å². The van der Waals surface area contributed by atoms with E-state index < -0.39 is 0 Å². The van der Waals surface area contributed by atoms with Gasteiger partial charge in [-0.15, -0.1) is 5.10 Å². The summed E-state index contributed by atoms with van der Waals surface area (Å²) < 4.78 is 3.63. The first-order chi connectivity index (χ1) is 7.11. The lowest BCUT2D eigenvalue weighted by molar-refractivity contribution is 0.0937. The van der Waals surface area contributed by atoms with E-state index >= 15 is 0 Å². The lowest BCUT2D eigenvalue weighted by Crippen LogP contribution is -2.49. The number of rotatable bonds is 5. The zero-order valence-electron chi connectivity index (χ0n) is 8.99. The third-order valence-electron chi connectivity index (χ3n) is 2.60. The summed E-state index contributed by atoms with van der Waals surface area (Å²) in [5.74, 6) is -0.208. The SMILES string of the molecule is CCC(N)(CC)CNC(=O)c1csnn1. The molecule has 5 nitrogen and oxygen atoms in total. The molecule has 0 atom stereocenters. The molecule has 84 valence electrons. The standard InChI is InChI=1S/C9H16N4OS/c1-3-9(10,4-2)6-11-8(14)7-5-15-13-12-7/h5H,3-4,6,10H2,1-2H3,(H,11,14). The van der Waals surface area contributed by atoms with Gasteiger partial charge in [0.2, 0.25) is 0 Å². The summed E-state index contributed by atoms with van der Waals surface area (Å²) >= 11 is 1.16. The van der Waals surface area contributed by atoms with Crippen molar-refractivity contribution in [3.8, 4) is 0 Å². The van der Waals surface area contributed by atoms with Crippen molar-refractivity contribution in [3.05, 3.63) is 11.1 Å². The third kappa shape index (κ3) is 3.24. The number of aromatic nitrogens is 2. The van der Waals surface area contributed by atoms with Crippen molar-refractivity contribution < 1.29 is 4.79 Å². The zero-order chi connectivity index (χ0) is 11.3. The molecular weight excluding hydrogens is 212 g/mol. The number of amides is 1. The van der Waals surface area contributed by atoms with Crippen molar-refractivity contribution in [2.45, 2.75) is 32.2 Å². The van der Waals surface area contributed by atoms with Crippen molar-refractivity contribution in [2.24, 2.45) is 5.73 Å². The predicted molar refractivity (Wildman–Crippen MR) is 59.7 cm³/mol. The van der Waals surface area contributed by atoms with Crippen LogP contribution in [-0.2, 0) is 0 Å². The summed E-state index contributed by atoms with van der Waals surface area (Å²) in [5.41, 5.74) is 6.09. The summed E-state index contributed by atoms with van der Waals surface area (Å²) in [6.07, 6.45) is 1.66. The van der Waals surface area contributed by atoms with E-state index in [1.165, 1.54) is 0 Å². The topological polar surface area (TPSA) is 80.9 Å².